The van der Waals surface area contributed by atoms with Crippen molar-refractivity contribution in [2.45, 2.75) is 19.9 Å². The molecule has 1 aromatic carbocycles. The Balaban J connectivity index is 2.02. The van der Waals surface area contributed by atoms with Gasteiger partial charge >= 0.3 is 6.03 Å². The quantitative estimate of drug-likeness (QED) is 0.485. The minimum Gasteiger partial charge on any atom is -0.451 e. The van der Waals surface area contributed by atoms with Crippen LogP contribution in [0, 0.1) is 3.77 Å². The standard InChI is InChI=1S/C17H18IN3O3/c1-11(2)19-17(23)21-14-6-4-3-5-13(14)20-16(22)10-8-12-7-9-15(18)24-12/h3-11H,1-2H3,(H,20,22)(H2,19,21,23)/b10-8+. The van der Waals surface area contributed by atoms with E-state index in [1.165, 1.54) is 6.08 Å². The average Bonchev–Trinajstić information content (AvgIpc) is 2.92. The first-order chi connectivity index (χ1) is 11.4. The molecule has 2 aromatic rings. The number of halogens is 1. The van der Waals surface area contributed by atoms with Crippen LogP contribution in [0.5, 0.6) is 0 Å². The van der Waals surface area contributed by atoms with E-state index >= 15 is 0 Å². The van der Waals surface area contributed by atoms with Crippen LogP contribution in [0.15, 0.2) is 46.9 Å². The molecule has 126 valence electrons. The van der Waals surface area contributed by atoms with Gasteiger partial charge < -0.3 is 20.4 Å². The van der Waals surface area contributed by atoms with E-state index in [9.17, 15) is 9.59 Å². The lowest BCUT2D eigenvalue weighted by molar-refractivity contribution is -0.111. The van der Waals surface area contributed by atoms with E-state index < -0.39 is 0 Å². The second kappa shape index (κ2) is 8.53. The highest BCUT2D eigenvalue weighted by molar-refractivity contribution is 14.1. The van der Waals surface area contributed by atoms with Gasteiger partial charge in [-0.05, 0) is 66.8 Å². The first kappa shape index (κ1) is 18.1. The molecular formula is C17H18IN3O3. The number of hydrogen-bond acceptors (Lipinski definition) is 3. The Hall–Kier alpha value is -2.29. The first-order valence-corrected chi connectivity index (χ1v) is 8.43. The predicted molar refractivity (Wildman–Crippen MR) is 103 cm³/mol. The van der Waals surface area contributed by atoms with E-state index in [0.717, 1.165) is 3.77 Å². The highest BCUT2D eigenvalue weighted by Crippen LogP contribution is 2.21. The molecule has 0 saturated carbocycles. The van der Waals surface area contributed by atoms with Crippen molar-refractivity contribution in [3.05, 3.63) is 52.0 Å². The molecule has 0 aliphatic rings. The summed E-state index contributed by atoms with van der Waals surface area (Å²) in [6, 6.07) is 10.3. The Bertz CT molecular complexity index is 753. The largest absolute Gasteiger partial charge is 0.451 e. The van der Waals surface area contributed by atoms with Crippen molar-refractivity contribution in [2.75, 3.05) is 10.6 Å². The molecule has 6 nitrogen and oxygen atoms in total. The molecule has 7 heteroatoms. The fourth-order valence-corrected chi connectivity index (χ4v) is 2.31. The molecule has 24 heavy (non-hydrogen) atoms. The smallest absolute Gasteiger partial charge is 0.319 e. The maximum Gasteiger partial charge on any atom is 0.319 e. The van der Waals surface area contributed by atoms with Gasteiger partial charge in [0.25, 0.3) is 0 Å². The van der Waals surface area contributed by atoms with E-state index in [1.54, 1.807) is 36.4 Å². The Morgan fingerprint density at radius 2 is 1.75 bits per heavy atom. The molecule has 0 radical (unpaired) electrons. The van der Waals surface area contributed by atoms with Crippen molar-refractivity contribution >= 4 is 52.0 Å². The number of anilines is 2. The Morgan fingerprint density at radius 1 is 1.08 bits per heavy atom. The third-order valence-corrected chi connectivity index (χ3v) is 3.43. The summed E-state index contributed by atoms with van der Waals surface area (Å²) in [5.74, 6) is 0.275. The molecule has 0 atom stereocenters. The minimum absolute atomic E-state index is 0.0192. The second-order valence-electron chi connectivity index (χ2n) is 5.26. The summed E-state index contributed by atoms with van der Waals surface area (Å²) in [6.07, 6.45) is 2.96. The number of urea groups is 1. The van der Waals surface area contributed by atoms with Gasteiger partial charge in [-0.1, -0.05) is 12.1 Å². The lowest BCUT2D eigenvalue weighted by atomic mass is 10.2. The van der Waals surface area contributed by atoms with Crippen LogP contribution in [0.3, 0.4) is 0 Å². The molecule has 0 aliphatic carbocycles. The van der Waals surface area contributed by atoms with Crippen molar-refractivity contribution in [3.8, 4) is 0 Å². The summed E-state index contributed by atoms with van der Waals surface area (Å²) >= 11 is 2.05. The zero-order valence-electron chi connectivity index (χ0n) is 13.3. The van der Waals surface area contributed by atoms with E-state index in [1.807, 2.05) is 19.9 Å². The molecule has 3 amide bonds. The lowest BCUT2D eigenvalue weighted by Crippen LogP contribution is -2.34. The molecule has 3 N–H and O–H groups in total. The fraction of sp³-hybridized carbons (Fsp3) is 0.176. The highest BCUT2D eigenvalue weighted by Gasteiger charge is 2.08. The second-order valence-corrected chi connectivity index (χ2v) is 6.33. The van der Waals surface area contributed by atoms with Crippen molar-refractivity contribution in [1.82, 2.24) is 5.32 Å². The number of hydrogen-bond donors (Lipinski definition) is 3. The third-order valence-electron chi connectivity index (χ3n) is 2.85. The van der Waals surface area contributed by atoms with E-state index in [-0.39, 0.29) is 18.0 Å². The summed E-state index contributed by atoms with van der Waals surface area (Å²) < 4.78 is 6.10. The fourth-order valence-electron chi connectivity index (χ4n) is 1.87. The molecule has 0 fully saturated rings. The van der Waals surface area contributed by atoms with E-state index in [0.29, 0.717) is 17.1 Å². The molecule has 1 heterocycles. The summed E-state index contributed by atoms with van der Waals surface area (Å²) in [4.78, 5) is 23.9. The average molecular weight is 439 g/mol. The van der Waals surface area contributed by atoms with Gasteiger partial charge in [-0.25, -0.2) is 4.79 Å². The van der Waals surface area contributed by atoms with Crippen LogP contribution in [-0.2, 0) is 4.79 Å². The van der Waals surface area contributed by atoms with Gasteiger partial charge in [0.15, 0.2) is 3.77 Å². The van der Waals surface area contributed by atoms with Crippen molar-refractivity contribution in [2.24, 2.45) is 0 Å². The maximum absolute atomic E-state index is 12.0. The monoisotopic (exact) mass is 439 g/mol. The van der Waals surface area contributed by atoms with Crippen LogP contribution in [0.2, 0.25) is 0 Å². The molecule has 0 bridgehead atoms. The Kier molecular flexibility index (Phi) is 6.42. The first-order valence-electron chi connectivity index (χ1n) is 7.35. The van der Waals surface area contributed by atoms with Gasteiger partial charge in [-0.3, -0.25) is 4.79 Å². The summed E-state index contributed by atoms with van der Waals surface area (Å²) in [5, 5.41) is 8.18. The SMILES string of the molecule is CC(C)NC(=O)Nc1ccccc1NC(=O)/C=C/c1ccc(I)o1. The van der Waals surface area contributed by atoms with Crippen molar-refractivity contribution in [1.29, 1.82) is 0 Å². The number of benzene rings is 1. The molecule has 2 rings (SSSR count). The van der Waals surface area contributed by atoms with Crippen LogP contribution in [0.1, 0.15) is 19.6 Å². The Labute approximate surface area is 153 Å². The van der Waals surface area contributed by atoms with Gasteiger partial charge in [0.1, 0.15) is 5.76 Å². The third kappa shape index (κ3) is 5.73. The summed E-state index contributed by atoms with van der Waals surface area (Å²) in [7, 11) is 0. The summed E-state index contributed by atoms with van der Waals surface area (Å²) in [6.45, 7) is 3.74. The molecule has 1 aromatic heterocycles. The van der Waals surface area contributed by atoms with Gasteiger partial charge in [0.2, 0.25) is 5.91 Å². The molecule has 0 unspecified atom stereocenters. The number of furan rings is 1. The number of carbonyl (C=O) groups is 2. The predicted octanol–water partition coefficient (Wildman–Crippen LogP) is 4.07. The normalized spacial score (nSPS) is 10.8. The van der Waals surface area contributed by atoms with Gasteiger partial charge in [0.05, 0.1) is 11.4 Å². The van der Waals surface area contributed by atoms with Gasteiger partial charge in [-0.2, -0.15) is 0 Å². The molecule has 0 saturated heterocycles. The van der Waals surface area contributed by atoms with Gasteiger partial charge in [-0.15, -0.1) is 0 Å². The number of rotatable bonds is 5. The zero-order valence-corrected chi connectivity index (χ0v) is 15.5. The molecular weight excluding hydrogens is 421 g/mol. The Morgan fingerprint density at radius 3 is 2.33 bits per heavy atom. The summed E-state index contributed by atoms with van der Waals surface area (Å²) in [5.41, 5.74) is 1.03. The van der Waals surface area contributed by atoms with Crippen LogP contribution in [0.4, 0.5) is 16.2 Å². The number of para-hydroxylation sites is 2. The van der Waals surface area contributed by atoms with Gasteiger partial charge in [0, 0.05) is 12.1 Å². The lowest BCUT2D eigenvalue weighted by Gasteiger charge is -2.13. The number of nitrogens with one attached hydrogen (secondary N) is 3. The van der Waals surface area contributed by atoms with Crippen LogP contribution in [0.25, 0.3) is 6.08 Å². The zero-order chi connectivity index (χ0) is 17.5. The van der Waals surface area contributed by atoms with Crippen LogP contribution < -0.4 is 16.0 Å². The van der Waals surface area contributed by atoms with Crippen molar-refractivity contribution < 1.29 is 14.0 Å². The number of amides is 3. The topological polar surface area (TPSA) is 83.4 Å². The molecule has 0 spiro atoms. The molecule has 0 aliphatic heterocycles. The highest BCUT2D eigenvalue weighted by atomic mass is 127. The maximum atomic E-state index is 12.0. The number of carbonyl (C=O) groups excluding carboxylic acids is 2. The van der Waals surface area contributed by atoms with Crippen LogP contribution >= 0.6 is 22.6 Å². The van der Waals surface area contributed by atoms with Crippen molar-refractivity contribution in [3.63, 3.8) is 0 Å². The van der Waals surface area contributed by atoms with Crippen LogP contribution in [-0.4, -0.2) is 18.0 Å². The minimum atomic E-state index is -0.326. The van der Waals surface area contributed by atoms with E-state index in [4.69, 9.17) is 4.42 Å². The van der Waals surface area contributed by atoms with E-state index in [2.05, 4.69) is 38.5 Å².